The van der Waals surface area contributed by atoms with E-state index in [4.69, 9.17) is 10.5 Å². The van der Waals surface area contributed by atoms with E-state index >= 15 is 0 Å². The van der Waals surface area contributed by atoms with Gasteiger partial charge >= 0.3 is 0 Å². The monoisotopic (exact) mass is 235 g/mol. The van der Waals surface area contributed by atoms with E-state index in [1.807, 2.05) is 0 Å². The Labute approximate surface area is 105 Å². The maximum Gasteiger partial charge on any atom is 0.119 e. The molecule has 2 N–H and O–H groups in total. The molecule has 1 aromatic carbocycles. The van der Waals surface area contributed by atoms with Crippen LogP contribution in [0.25, 0.3) is 0 Å². The van der Waals surface area contributed by atoms with Crippen LogP contribution in [-0.4, -0.2) is 12.6 Å². The zero-order valence-electron chi connectivity index (χ0n) is 11.1. The molecule has 0 aliphatic rings. The van der Waals surface area contributed by atoms with E-state index < -0.39 is 0 Å². The predicted molar refractivity (Wildman–Crippen MR) is 73.4 cm³/mol. The first-order valence-electron chi connectivity index (χ1n) is 6.75. The van der Waals surface area contributed by atoms with Gasteiger partial charge in [-0.05, 0) is 43.5 Å². The van der Waals surface area contributed by atoms with Crippen molar-refractivity contribution in [2.45, 2.75) is 52.1 Å². The van der Waals surface area contributed by atoms with Crippen LogP contribution in [0.5, 0.6) is 5.75 Å². The van der Waals surface area contributed by atoms with Gasteiger partial charge in [0.1, 0.15) is 5.75 Å². The Morgan fingerprint density at radius 3 is 2.29 bits per heavy atom. The molecule has 0 saturated heterocycles. The molecule has 0 saturated carbocycles. The quantitative estimate of drug-likeness (QED) is 0.748. The third-order valence-corrected chi connectivity index (χ3v) is 2.86. The normalized spacial score (nSPS) is 12.4. The zero-order chi connectivity index (χ0) is 12.5. The molecule has 2 heteroatoms. The molecule has 0 heterocycles. The van der Waals surface area contributed by atoms with E-state index in [-0.39, 0.29) is 6.10 Å². The molecule has 0 fully saturated rings. The van der Waals surface area contributed by atoms with Crippen LogP contribution >= 0.6 is 0 Å². The summed E-state index contributed by atoms with van der Waals surface area (Å²) in [7, 11) is 0. The Morgan fingerprint density at radius 1 is 1.06 bits per heavy atom. The van der Waals surface area contributed by atoms with Crippen LogP contribution in [0.4, 0.5) is 0 Å². The molecule has 1 unspecified atom stereocenters. The van der Waals surface area contributed by atoms with Gasteiger partial charge in [0, 0.05) is 0 Å². The van der Waals surface area contributed by atoms with Gasteiger partial charge in [0.05, 0.1) is 6.10 Å². The molecular formula is C15H25NO. The number of benzene rings is 1. The number of ether oxygens (including phenoxy) is 1. The van der Waals surface area contributed by atoms with Crippen molar-refractivity contribution in [1.82, 2.24) is 0 Å². The van der Waals surface area contributed by atoms with Crippen molar-refractivity contribution in [3.63, 3.8) is 0 Å². The second kappa shape index (κ2) is 8.13. The Kier molecular flexibility index (Phi) is 6.71. The largest absolute Gasteiger partial charge is 0.490 e. The lowest BCUT2D eigenvalue weighted by atomic mass is 10.1. The minimum Gasteiger partial charge on any atom is -0.490 e. The summed E-state index contributed by atoms with van der Waals surface area (Å²) in [6, 6.07) is 8.46. The molecule has 0 spiro atoms. The van der Waals surface area contributed by atoms with Gasteiger partial charge in [0.2, 0.25) is 0 Å². The molecule has 1 atom stereocenters. The third kappa shape index (κ3) is 5.22. The lowest BCUT2D eigenvalue weighted by Gasteiger charge is -2.18. The SMILES string of the molecule is CCCc1ccc(OC(CCC)CCN)cc1. The van der Waals surface area contributed by atoms with Gasteiger partial charge in [0.15, 0.2) is 0 Å². The molecule has 0 bridgehead atoms. The van der Waals surface area contributed by atoms with E-state index in [1.165, 1.54) is 12.0 Å². The molecule has 0 radical (unpaired) electrons. The number of rotatable bonds is 8. The summed E-state index contributed by atoms with van der Waals surface area (Å²) in [5.74, 6) is 0.969. The molecule has 1 rings (SSSR count). The van der Waals surface area contributed by atoms with Gasteiger partial charge in [0.25, 0.3) is 0 Å². The van der Waals surface area contributed by atoms with Crippen molar-refractivity contribution in [2.24, 2.45) is 5.73 Å². The maximum absolute atomic E-state index is 5.95. The van der Waals surface area contributed by atoms with Gasteiger partial charge in [-0.1, -0.05) is 38.8 Å². The summed E-state index contributed by atoms with van der Waals surface area (Å²) >= 11 is 0. The molecule has 0 aliphatic carbocycles. The van der Waals surface area contributed by atoms with Crippen LogP contribution in [-0.2, 0) is 6.42 Å². The average molecular weight is 235 g/mol. The fourth-order valence-corrected chi connectivity index (χ4v) is 1.99. The van der Waals surface area contributed by atoms with E-state index in [0.717, 1.165) is 31.4 Å². The van der Waals surface area contributed by atoms with Gasteiger partial charge < -0.3 is 10.5 Å². The van der Waals surface area contributed by atoms with Crippen LogP contribution in [0, 0.1) is 0 Å². The van der Waals surface area contributed by atoms with Crippen LogP contribution in [0.3, 0.4) is 0 Å². The van der Waals surface area contributed by atoms with Gasteiger partial charge in [-0.25, -0.2) is 0 Å². The first kappa shape index (κ1) is 14.0. The summed E-state index contributed by atoms with van der Waals surface area (Å²) in [6.07, 6.45) is 5.74. The second-order valence-electron chi connectivity index (χ2n) is 4.50. The molecule has 17 heavy (non-hydrogen) atoms. The van der Waals surface area contributed by atoms with Crippen molar-refractivity contribution < 1.29 is 4.74 Å². The maximum atomic E-state index is 5.95. The van der Waals surface area contributed by atoms with E-state index in [9.17, 15) is 0 Å². The van der Waals surface area contributed by atoms with Gasteiger partial charge in [-0.15, -0.1) is 0 Å². The molecule has 1 aromatic rings. The minimum atomic E-state index is 0.266. The molecule has 0 aliphatic heterocycles. The first-order valence-corrected chi connectivity index (χ1v) is 6.75. The summed E-state index contributed by atoms with van der Waals surface area (Å²) in [4.78, 5) is 0. The van der Waals surface area contributed by atoms with Gasteiger partial charge in [-0.3, -0.25) is 0 Å². The minimum absolute atomic E-state index is 0.266. The molecule has 0 amide bonds. The number of nitrogens with two attached hydrogens (primary N) is 1. The first-order chi connectivity index (χ1) is 8.30. The summed E-state index contributed by atoms with van der Waals surface area (Å²) < 4.78 is 5.95. The summed E-state index contributed by atoms with van der Waals surface area (Å²) in [5, 5.41) is 0. The highest BCUT2D eigenvalue weighted by Gasteiger charge is 2.08. The third-order valence-electron chi connectivity index (χ3n) is 2.86. The van der Waals surface area contributed by atoms with Gasteiger partial charge in [-0.2, -0.15) is 0 Å². The molecule has 0 aromatic heterocycles. The number of aryl methyl sites for hydroxylation is 1. The Hall–Kier alpha value is -1.02. The van der Waals surface area contributed by atoms with Crippen LogP contribution in [0.2, 0.25) is 0 Å². The standard InChI is InChI=1S/C15H25NO/c1-3-5-13-7-9-15(10-8-13)17-14(6-4-2)11-12-16/h7-10,14H,3-6,11-12,16H2,1-2H3. The van der Waals surface area contributed by atoms with E-state index in [0.29, 0.717) is 6.54 Å². The van der Waals surface area contributed by atoms with E-state index in [1.54, 1.807) is 0 Å². The van der Waals surface area contributed by atoms with Crippen LogP contribution < -0.4 is 10.5 Å². The topological polar surface area (TPSA) is 35.2 Å². The van der Waals surface area contributed by atoms with Crippen LogP contribution in [0.15, 0.2) is 24.3 Å². The molecule has 2 nitrogen and oxygen atoms in total. The molecule has 96 valence electrons. The number of hydrogen-bond acceptors (Lipinski definition) is 2. The van der Waals surface area contributed by atoms with Crippen molar-refractivity contribution >= 4 is 0 Å². The smallest absolute Gasteiger partial charge is 0.119 e. The molecular weight excluding hydrogens is 210 g/mol. The highest BCUT2D eigenvalue weighted by Crippen LogP contribution is 2.17. The van der Waals surface area contributed by atoms with Crippen molar-refractivity contribution in [3.8, 4) is 5.75 Å². The fourth-order valence-electron chi connectivity index (χ4n) is 1.99. The highest BCUT2D eigenvalue weighted by atomic mass is 16.5. The Balaban J connectivity index is 2.53. The lowest BCUT2D eigenvalue weighted by molar-refractivity contribution is 0.182. The second-order valence-corrected chi connectivity index (χ2v) is 4.50. The summed E-state index contributed by atoms with van der Waals surface area (Å²) in [6.45, 7) is 5.07. The number of hydrogen-bond donors (Lipinski definition) is 1. The zero-order valence-corrected chi connectivity index (χ0v) is 11.1. The van der Waals surface area contributed by atoms with E-state index in [2.05, 4.69) is 38.1 Å². The van der Waals surface area contributed by atoms with Crippen molar-refractivity contribution in [2.75, 3.05) is 6.54 Å². The predicted octanol–water partition coefficient (Wildman–Crippen LogP) is 3.54. The van der Waals surface area contributed by atoms with Crippen molar-refractivity contribution in [1.29, 1.82) is 0 Å². The highest BCUT2D eigenvalue weighted by molar-refractivity contribution is 5.27. The average Bonchev–Trinajstić information content (AvgIpc) is 2.33. The Bertz CT molecular complexity index is 288. The lowest BCUT2D eigenvalue weighted by Crippen LogP contribution is -2.20. The summed E-state index contributed by atoms with van der Waals surface area (Å²) in [5.41, 5.74) is 6.98. The van der Waals surface area contributed by atoms with Crippen molar-refractivity contribution in [3.05, 3.63) is 29.8 Å². The Morgan fingerprint density at radius 2 is 1.76 bits per heavy atom. The van der Waals surface area contributed by atoms with Crippen LogP contribution in [0.1, 0.15) is 45.1 Å². The fraction of sp³-hybridized carbons (Fsp3) is 0.600.